The van der Waals surface area contributed by atoms with Gasteiger partial charge < -0.3 is 0 Å². The largest absolute Gasteiger partial charge is 0.226 e. The first-order chi connectivity index (χ1) is 8.54. The molecule has 0 spiro atoms. The molecule has 0 unspecified atom stereocenters. The van der Waals surface area contributed by atoms with Gasteiger partial charge in [0.25, 0.3) is 0 Å². The number of nitrogens with zero attached hydrogens (tertiary/aromatic N) is 3. The molecular formula is C14H14BrN3. The maximum absolute atomic E-state index is 8.84. The quantitative estimate of drug-likeness (QED) is 0.850. The second-order valence-corrected chi connectivity index (χ2v) is 5.14. The molecule has 0 aliphatic rings. The van der Waals surface area contributed by atoms with Crippen LogP contribution in [-0.2, 0) is 6.42 Å². The van der Waals surface area contributed by atoms with Gasteiger partial charge in [0, 0.05) is 5.56 Å². The summed E-state index contributed by atoms with van der Waals surface area (Å²) in [5.74, 6) is 0. The van der Waals surface area contributed by atoms with E-state index in [0.29, 0.717) is 6.42 Å². The van der Waals surface area contributed by atoms with Crippen LogP contribution in [0.15, 0.2) is 22.8 Å². The summed E-state index contributed by atoms with van der Waals surface area (Å²) >= 11 is 3.55. The maximum atomic E-state index is 8.84. The number of hydrogen-bond acceptors (Lipinski definition) is 2. The Morgan fingerprint density at radius 3 is 2.72 bits per heavy atom. The average Bonchev–Trinajstić information content (AvgIpc) is 2.61. The highest BCUT2D eigenvalue weighted by Crippen LogP contribution is 2.26. The van der Waals surface area contributed by atoms with Crippen LogP contribution in [0.25, 0.3) is 5.69 Å². The Kier molecular flexibility index (Phi) is 3.53. The van der Waals surface area contributed by atoms with Crippen molar-refractivity contribution in [2.24, 2.45) is 0 Å². The van der Waals surface area contributed by atoms with Crippen LogP contribution in [0.5, 0.6) is 0 Å². The number of halogens is 1. The van der Waals surface area contributed by atoms with Crippen LogP contribution in [0.3, 0.4) is 0 Å². The summed E-state index contributed by atoms with van der Waals surface area (Å²) in [5, 5.41) is 13.4. The van der Waals surface area contributed by atoms with Gasteiger partial charge in [0.05, 0.1) is 23.9 Å². The van der Waals surface area contributed by atoms with Gasteiger partial charge in [-0.05, 0) is 53.9 Å². The number of aromatic nitrogens is 2. The molecule has 2 aromatic rings. The first kappa shape index (κ1) is 12.8. The summed E-state index contributed by atoms with van der Waals surface area (Å²) in [6.45, 7) is 6.05. The van der Waals surface area contributed by atoms with E-state index < -0.39 is 0 Å². The average molecular weight is 304 g/mol. The minimum absolute atomic E-state index is 0.372. The predicted octanol–water partition coefficient (Wildman–Crippen LogP) is 3.63. The summed E-state index contributed by atoms with van der Waals surface area (Å²) in [6, 6.07) is 8.44. The number of rotatable bonds is 2. The molecule has 92 valence electrons. The summed E-state index contributed by atoms with van der Waals surface area (Å²) in [6.07, 6.45) is 0.372. The van der Waals surface area contributed by atoms with Crippen LogP contribution in [0.1, 0.15) is 22.4 Å². The molecule has 1 heterocycles. The van der Waals surface area contributed by atoms with Gasteiger partial charge >= 0.3 is 0 Å². The summed E-state index contributed by atoms with van der Waals surface area (Å²) in [5.41, 5.74) is 5.25. The molecule has 0 bridgehead atoms. The molecular weight excluding hydrogens is 290 g/mol. The second kappa shape index (κ2) is 4.95. The zero-order valence-electron chi connectivity index (χ0n) is 10.7. The Bertz CT molecular complexity index is 635. The third-order valence-electron chi connectivity index (χ3n) is 2.97. The van der Waals surface area contributed by atoms with Gasteiger partial charge in [0.15, 0.2) is 0 Å². The number of nitriles is 1. The normalized spacial score (nSPS) is 10.4. The van der Waals surface area contributed by atoms with Crippen molar-refractivity contribution < 1.29 is 0 Å². The van der Waals surface area contributed by atoms with Gasteiger partial charge in [-0.15, -0.1) is 0 Å². The smallest absolute Gasteiger partial charge is 0.114 e. The maximum Gasteiger partial charge on any atom is 0.114 e. The fourth-order valence-corrected chi connectivity index (χ4v) is 2.62. The first-order valence-corrected chi connectivity index (χ1v) is 6.52. The molecule has 0 aliphatic heterocycles. The minimum Gasteiger partial charge on any atom is -0.226 e. The highest BCUT2D eigenvalue weighted by molar-refractivity contribution is 9.10. The van der Waals surface area contributed by atoms with Crippen molar-refractivity contribution in [2.75, 3.05) is 0 Å². The summed E-state index contributed by atoms with van der Waals surface area (Å²) < 4.78 is 2.74. The van der Waals surface area contributed by atoms with Crippen molar-refractivity contribution in [3.05, 3.63) is 45.2 Å². The Morgan fingerprint density at radius 2 is 2.06 bits per heavy atom. The summed E-state index contributed by atoms with van der Waals surface area (Å²) in [7, 11) is 0. The number of hydrogen-bond donors (Lipinski definition) is 0. The molecule has 0 N–H and O–H groups in total. The lowest BCUT2D eigenvalue weighted by molar-refractivity contribution is 0.837. The molecule has 0 radical (unpaired) electrons. The van der Waals surface area contributed by atoms with E-state index in [1.165, 1.54) is 5.56 Å². The lowest BCUT2D eigenvalue weighted by Gasteiger charge is -2.08. The third kappa shape index (κ3) is 2.19. The molecule has 0 amide bonds. The molecule has 0 saturated carbocycles. The van der Waals surface area contributed by atoms with Crippen molar-refractivity contribution >= 4 is 15.9 Å². The molecule has 0 fully saturated rings. The number of aryl methyl sites for hydroxylation is 3. The van der Waals surface area contributed by atoms with Crippen molar-refractivity contribution in [2.45, 2.75) is 27.2 Å². The van der Waals surface area contributed by atoms with E-state index in [1.807, 2.05) is 11.6 Å². The van der Waals surface area contributed by atoms with Crippen LogP contribution in [0, 0.1) is 32.1 Å². The van der Waals surface area contributed by atoms with Crippen LogP contribution in [0.4, 0.5) is 0 Å². The Balaban J connectivity index is 2.62. The zero-order chi connectivity index (χ0) is 13.3. The van der Waals surface area contributed by atoms with Gasteiger partial charge in [-0.3, -0.25) is 0 Å². The second-order valence-electron chi connectivity index (χ2n) is 4.39. The Labute approximate surface area is 115 Å². The van der Waals surface area contributed by atoms with Crippen molar-refractivity contribution in [3.8, 4) is 11.8 Å². The van der Waals surface area contributed by atoms with Gasteiger partial charge in [-0.25, -0.2) is 4.68 Å². The highest BCUT2D eigenvalue weighted by Gasteiger charge is 2.15. The minimum atomic E-state index is 0.372. The summed E-state index contributed by atoms with van der Waals surface area (Å²) in [4.78, 5) is 0. The van der Waals surface area contributed by atoms with Crippen molar-refractivity contribution in [1.82, 2.24) is 9.78 Å². The molecule has 0 saturated heterocycles. The number of benzene rings is 1. The zero-order valence-corrected chi connectivity index (χ0v) is 12.2. The molecule has 1 aromatic carbocycles. The predicted molar refractivity (Wildman–Crippen MR) is 74.8 cm³/mol. The third-order valence-corrected chi connectivity index (χ3v) is 3.78. The SMILES string of the molecule is Cc1ccc(C)c(-n2nc(C)c(CC#N)c2Br)c1. The molecule has 1 aromatic heterocycles. The lowest BCUT2D eigenvalue weighted by Crippen LogP contribution is -2.00. The molecule has 3 nitrogen and oxygen atoms in total. The van der Waals surface area contributed by atoms with E-state index in [-0.39, 0.29) is 0 Å². The van der Waals surface area contributed by atoms with Crippen molar-refractivity contribution in [3.63, 3.8) is 0 Å². The van der Waals surface area contributed by atoms with Gasteiger partial charge in [-0.2, -0.15) is 10.4 Å². The van der Waals surface area contributed by atoms with E-state index in [0.717, 1.165) is 27.1 Å². The van der Waals surface area contributed by atoms with E-state index in [4.69, 9.17) is 5.26 Å². The van der Waals surface area contributed by atoms with E-state index >= 15 is 0 Å². The van der Waals surface area contributed by atoms with Gasteiger partial charge in [0.2, 0.25) is 0 Å². The standard InChI is InChI=1S/C14H14BrN3/c1-9-4-5-10(2)13(8-9)18-14(15)12(6-7-16)11(3)17-18/h4-5,8H,6H2,1-3H3. The van der Waals surface area contributed by atoms with Crippen LogP contribution < -0.4 is 0 Å². The Hall–Kier alpha value is -1.60. The van der Waals surface area contributed by atoms with Gasteiger partial charge in [0.1, 0.15) is 4.60 Å². The van der Waals surface area contributed by atoms with E-state index in [1.54, 1.807) is 0 Å². The molecule has 4 heteroatoms. The molecule has 0 atom stereocenters. The van der Waals surface area contributed by atoms with E-state index in [9.17, 15) is 0 Å². The van der Waals surface area contributed by atoms with E-state index in [2.05, 4.69) is 59.1 Å². The fraction of sp³-hybridized carbons (Fsp3) is 0.286. The first-order valence-electron chi connectivity index (χ1n) is 5.73. The van der Waals surface area contributed by atoms with Crippen LogP contribution in [-0.4, -0.2) is 9.78 Å². The molecule has 0 aliphatic carbocycles. The highest BCUT2D eigenvalue weighted by atomic mass is 79.9. The topological polar surface area (TPSA) is 41.6 Å². The fourth-order valence-electron chi connectivity index (χ4n) is 1.92. The van der Waals surface area contributed by atoms with Crippen LogP contribution in [0.2, 0.25) is 0 Å². The lowest BCUT2D eigenvalue weighted by atomic mass is 10.1. The van der Waals surface area contributed by atoms with Crippen LogP contribution >= 0.6 is 15.9 Å². The Morgan fingerprint density at radius 1 is 1.33 bits per heavy atom. The van der Waals surface area contributed by atoms with Gasteiger partial charge in [-0.1, -0.05) is 12.1 Å². The monoisotopic (exact) mass is 303 g/mol. The molecule has 2 rings (SSSR count). The van der Waals surface area contributed by atoms with Crippen molar-refractivity contribution in [1.29, 1.82) is 5.26 Å². The molecule has 18 heavy (non-hydrogen) atoms.